The summed E-state index contributed by atoms with van der Waals surface area (Å²) in [6.45, 7) is 10.3. The lowest BCUT2D eigenvalue weighted by atomic mass is 9.85. The number of hydrogen-bond acceptors (Lipinski definition) is 3. The molecule has 1 aliphatic heterocycles. The van der Waals surface area contributed by atoms with Gasteiger partial charge in [-0.1, -0.05) is 20.8 Å². The van der Waals surface area contributed by atoms with Crippen LogP contribution in [0.2, 0.25) is 0 Å². The van der Waals surface area contributed by atoms with Crippen molar-refractivity contribution < 1.29 is 9.59 Å². The Morgan fingerprint density at radius 1 is 1.47 bits per heavy atom. The van der Waals surface area contributed by atoms with Crippen LogP contribution in [0.25, 0.3) is 0 Å². The van der Waals surface area contributed by atoms with Crippen molar-refractivity contribution in [1.29, 1.82) is 0 Å². The highest BCUT2D eigenvalue weighted by Crippen LogP contribution is 2.24. The van der Waals surface area contributed by atoms with Gasteiger partial charge in [-0.25, -0.2) is 0 Å². The van der Waals surface area contributed by atoms with Gasteiger partial charge >= 0.3 is 0 Å². The second-order valence-electron chi connectivity index (χ2n) is 6.15. The topological polar surface area (TPSA) is 75.4 Å². The molecule has 0 aromatic carbocycles. The van der Waals surface area contributed by atoms with Gasteiger partial charge in [-0.2, -0.15) is 0 Å². The zero-order valence-electron chi connectivity index (χ0n) is 11.3. The van der Waals surface area contributed by atoms with Gasteiger partial charge in [0.05, 0.1) is 6.04 Å². The first-order valence-electron chi connectivity index (χ1n) is 5.94. The van der Waals surface area contributed by atoms with Gasteiger partial charge < -0.3 is 16.0 Å². The van der Waals surface area contributed by atoms with Crippen LogP contribution in [0.15, 0.2) is 0 Å². The highest BCUT2D eigenvalue weighted by Gasteiger charge is 2.43. The molecule has 17 heavy (non-hydrogen) atoms. The number of hydrogen-bond donors (Lipinski definition) is 2. The molecular formula is C12H23N3O2. The van der Waals surface area contributed by atoms with E-state index in [9.17, 15) is 9.59 Å². The maximum atomic E-state index is 12.3. The first-order chi connectivity index (χ1) is 7.58. The van der Waals surface area contributed by atoms with E-state index in [0.29, 0.717) is 13.1 Å². The fraction of sp³-hybridized carbons (Fsp3) is 0.833. The van der Waals surface area contributed by atoms with E-state index in [2.05, 4.69) is 5.32 Å². The van der Waals surface area contributed by atoms with Crippen molar-refractivity contribution in [2.75, 3.05) is 13.1 Å². The van der Waals surface area contributed by atoms with Crippen LogP contribution in [-0.2, 0) is 9.59 Å². The monoisotopic (exact) mass is 241 g/mol. The average Bonchev–Trinajstić information content (AvgIpc) is 2.18. The summed E-state index contributed by atoms with van der Waals surface area (Å²) in [4.78, 5) is 25.7. The zero-order valence-corrected chi connectivity index (χ0v) is 11.3. The molecule has 1 fully saturated rings. The van der Waals surface area contributed by atoms with Gasteiger partial charge in [0.15, 0.2) is 0 Å². The molecule has 0 saturated carbocycles. The highest BCUT2D eigenvalue weighted by molar-refractivity contribution is 5.93. The molecule has 3 N–H and O–H groups in total. The quantitative estimate of drug-likeness (QED) is 0.683. The van der Waals surface area contributed by atoms with Crippen LogP contribution < -0.4 is 11.1 Å². The van der Waals surface area contributed by atoms with Crippen molar-refractivity contribution in [2.45, 2.75) is 46.2 Å². The minimum absolute atomic E-state index is 0.127. The number of carbonyl (C=O) groups excluding carboxylic acids is 2. The van der Waals surface area contributed by atoms with Gasteiger partial charge in [0.1, 0.15) is 5.54 Å². The van der Waals surface area contributed by atoms with Crippen molar-refractivity contribution in [3.8, 4) is 0 Å². The second kappa shape index (κ2) is 4.29. The number of rotatable bonds is 1. The molecule has 0 unspecified atom stereocenters. The van der Waals surface area contributed by atoms with E-state index in [1.807, 2.05) is 20.8 Å². The molecule has 98 valence electrons. The van der Waals surface area contributed by atoms with Crippen molar-refractivity contribution in [3.05, 3.63) is 0 Å². The molecule has 1 atom stereocenters. The molecule has 2 amide bonds. The van der Waals surface area contributed by atoms with Gasteiger partial charge in [0.2, 0.25) is 11.8 Å². The van der Waals surface area contributed by atoms with Crippen molar-refractivity contribution >= 4 is 11.8 Å². The lowest BCUT2D eigenvalue weighted by Crippen LogP contribution is -2.66. The van der Waals surface area contributed by atoms with Gasteiger partial charge in [0, 0.05) is 13.1 Å². The smallest absolute Gasteiger partial charge is 0.245 e. The molecule has 5 heteroatoms. The molecule has 1 saturated heterocycles. The Morgan fingerprint density at radius 3 is 2.47 bits per heavy atom. The van der Waals surface area contributed by atoms with Crippen molar-refractivity contribution in [2.24, 2.45) is 11.1 Å². The number of nitrogens with one attached hydrogen (secondary N) is 1. The van der Waals surface area contributed by atoms with Crippen LogP contribution in [0.1, 0.15) is 34.6 Å². The van der Waals surface area contributed by atoms with Crippen LogP contribution in [0.5, 0.6) is 0 Å². The van der Waals surface area contributed by atoms with Crippen LogP contribution in [0, 0.1) is 5.41 Å². The summed E-state index contributed by atoms with van der Waals surface area (Å²) in [6, 6.07) is -0.590. The maximum Gasteiger partial charge on any atom is 0.245 e. The van der Waals surface area contributed by atoms with Crippen molar-refractivity contribution in [3.63, 3.8) is 0 Å². The Labute approximate surface area is 103 Å². The predicted molar refractivity (Wildman–Crippen MR) is 66.2 cm³/mol. The Hall–Kier alpha value is -1.10. The van der Waals surface area contributed by atoms with Crippen molar-refractivity contribution in [1.82, 2.24) is 10.2 Å². The minimum atomic E-state index is -0.821. The molecule has 0 aromatic heterocycles. The number of piperazine rings is 1. The molecule has 0 aliphatic carbocycles. The fourth-order valence-corrected chi connectivity index (χ4v) is 1.82. The second-order valence-corrected chi connectivity index (χ2v) is 6.15. The molecule has 1 aliphatic rings. The molecule has 0 radical (unpaired) electrons. The van der Waals surface area contributed by atoms with Gasteiger partial charge in [-0.05, 0) is 19.3 Å². The zero-order chi connectivity index (χ0) is 13.4. The molecule has 0 aromatic rings. The fourth-order valence-electron chi connectivity index (χ4n) is 1.82. The van der Waals surface area contributed by atoms with E-state index >= 15 is 0 Å². The Kier molecular flexibility index (Phi) is 3.52. The van der Waals surface area contributed by atoms with Crippen LogP contribution in [0.3, 0.4) is 0 Å². The van der Waals surface area contributed by atoms with Gasteiger partial charge in [0.25, 0.3) is 0 Å². The van der Waals surface area contributed by atoms with Crippen LogP contribution in [0.4, 0.5) is 0 Å². The predicted octanol–water partition coefficient (Wildman–Crippen LogP) is 0.0968. The first-order valence-corrected chi connectivity index (χ1v) is 5.94. The number of amides is 2. The maximum absolute atomic E-state index is 12.3. The van der Waals surface area contributed by atoms with E-state index in [1.54, 1.807) is 18.7 Å². The van der Waals surface area contributed by atoms with Gasteiger partial charge in [-0.3, -0.25) is 9.59 Å². The molecule has 1 heterocycles. The van der Waals surface area contributed by atoms with E-state index in [1.165, 1.54) is 0 Å². The lowest BCUT2D eigenvalue weighted by Gasteiger charge is -2.43. The van der Waals surface area contributed by atoms with E-state index < -0.39 is 11.6 Å². The molecule has 5 nitrogen and oxygen atoms in total. The Morgan fingerprint density at radius 2 is 2.00 bits per heavy atom. The Balaban J connectivity index is 2.92. The van der Waals surface area contributed by atoms with E-state index in [4.69, 9.17) is 5.73 Å². The third-order valence-electron chi connectivity index (χ3n) is 3.32. The lowest BCUT2D eigenvalue weighted by molar-refractivity contribution is -0.151. The highest BCUT2D eigenvalue weighted by atomic mass is 16.2. The first kappa shape index (κ1) is 14.0. The van der Waals surface area contributed by atoms with E-state index in [-0.39, 0.29) is 17.2 Å². The largest absolute Gasteiger partial charge is 0.352 e. The SMILES string of the molecule is CC(C)(C)[C@@H](N)C(=O)N1CCNC(=O)C1(C)C. The molecule has 1 rings (SSSR count). The number of nitrogens with two attached hydrogens (primary N) is 1. The van der Waals surface area contributed by atoms with Crippen LogP contribution >= 0.6 is 0 Å². The summed E-state index contributed by atoms with van der Waals surface area (Å²) in [7, 11) is 0. The summed E-state index contributed by atoms with van der Waals surface area (Å²) >= 11 is 0. The molecular weight excluding hydrogens is 218 g/mol. The van der Waals surface area contributed by atoms with Gasteiger partial charge in [-0.15, -0.1) is 0 Å². The van der Waals surface area contributed by atoms with Crippen LogP contribution in [-0.4, -0.2) is 41.4 Å². The summed E-state index contributed by atoms with van der Waals surface area (Å²) < 4.78 is 0. The normalized spacial score (nSPS) is 22.0. The van der Waals surface area contributed by atoms with E-state index in [0.717, 1.165) is 0 Å². The third-order valence-corrected chi connectivity index (χ3v) is 3.32. The number of nitrogens with zero attached hydrogens (tertiary/aromatic N) is 1. The summed E-state index contributed by atoms with van der Waals surface area (Å²) in [5.74, 6) is -0.282. The Bertz CT molecular complexity index is 331. The third kappa shape index (κ3) is 2.60. The molecule has 0 bridgehead atoms. The summed E-state index contributed by atoms with van der Waals surface area (Å²) in [6.07, 6.45) is 0. The summed E-state index contributed by atoms with van der Waals surface area (Å²) in [5.41, 5.74) is 4.84. The summed E-state index contributed by atoms with van der Waals surface area (Å²) in [5, 5.41) is 2.76. The number of carbonyl (C=O) groups is 2. The average molecular weight is 241 g/mol. The molecule has 0 spiro atoms. The minimum Gasteiger partial charge on any atom is -0.352 e. The standard InChI is InChI=1S/C12H23N3O2/c1-11(2,3)8(13)9(16)15-7-6-14-10(17)12(15,4)5/h8H,6-7,13H2,1-5H3,(H,14,17)/t8-/m0/s1.